The molecule has 3 rings (SSSR count). The number of amides is 1. The monoisotopic (exact) mass is 411 g/mol. The Balaban J connectivity index is 1.67. The van der Waals surface area contributed by atoms with E-state index in [0.717, 1.165) is 11.1 Å². The summed E-state index contributed by atoms with van der Waals surface area (Å²) < 4.78 is 34.4. The van der Waals surface area contributed by atoms with Gasteiger partial charge in [-0.15, -0.1) is 0 Å². The third kappa shape index (κ3) is 5.41. The summed E-state index contributed by atoms with van der Waals surface area (Å²) in [6.07, 6.45) is 0. The highest BCUT2D eigenvalue weighted by molar-refractivity contribution is 5.99. The van der Waals surface area contributed by atoms with Crippen molar-refractivity contribution in [1.82, 2.24) is 0 Å². The van der Waals surface area contributed by atoms with Gasteiger partial charge in [0.1, 0.15) is 5.75 Å². The molecule has 1 amide bonds. The molecule has 0 fully saturated rings. The minimum atomic E-state index is -3.03. The molecule has 30 heavy (non-hydrogen) atoms. The van der Waals surface area contributed by atoms with Gasteiger partial charge in [-0.2, -0.15) is 8.78 Å². The van der Waals surface area contributed by atoms with E-state index in [4.69, 9.17) is 4.74 Å². The van der Waals surface area contributed by atoms with Gasteiger partial charge in [-0.05, 0) is 36.2 Å². The van der Waals surface area contributed by atoms with Crippen molar-refractivity contribution in [3.8, 4) is 16.9 Å². The van der Waals surface area contributed by atoms with Crippen molar-refractivity contribution >= 4 is 17.6 Å². The average molecular weight is 411 g/mol. The van der Waals surface area contributed by atoms with E-state index >= 15 is 0 Å². The van der Waals surface area contributed by atoms with Crippen LogP contribution in [0.3, 0.4) is 0 Å². The predicted octanol–water partition coefficient (Wildman–Crippen LogP) is 5.06. The van der Waals surface area contributed by atoms with Crippen LogP contribution in [0, 0.1) is 6.92 Å². The number of halogens is 2. The van der Waals surface area contributed by atoms with Crippen molar-refractivity contribution in [2.24, 2.45) is 0 Å². The van der Waals surface area contributed by atoms with Crippen LogP contribution < -0.4 is 10.1 Å². The summed E-state index contributed by atoms with van der Waals surface area (Å²) in [5, 5.41) is 2.40. The molecule has 0 unspecified atom stereocenters. The highest BCUT2D eigenvalue weighted by Gasteiger charge is 2.16. The molecule has 3 aromatic carbocycles. The number of carbonyl (C=O) groups excluding carboxylic acids is 2. The Bertz CT molecular complexity index is 1040. The number of anilines is 1. The van der Waals surface area contributed by atoms with Crippen LogP contribution in [0.15, 0.2) is 72.8 Å². The first kappa shape index (κ1) is 21.0. The quantitative estimate of drug-likeness (QED) is 0.552. The lowest BCUT2D eigenvalue weighted by Gasteiger charge is -2.12. The second kappa shape index (κ2) is 9.65. The van der Waals surface area contributed by atoms with Gasteiger partial charge in [-0.25, -0.2) is 4.79 Å². The molecule has 0 spiro atoms. The van der Waals surface area contributed by atoms with Crippen molar-refractivity contribution in [3.63, 3.8) is 0 Å². The molecule has 5 nitrogen and oxygen atoms in total. The standard InChI is InChI=1S/C23H19F2NO4/c1-15-10-12-16(13-11-15)17-6-2-3-7-18(17)22(28)29-14-21(27)26-19-8-4-5-9-20(19)30-23(24)25/h2-13,23H,14H2,1H3,(H,26,27). The molecule has 0 radical (unpaired) electrons. The van der Waals surface area contributed by atoms with Gasteiger partial charge in [0, 0.05) is 0 Å². The van der Waals surface area contributed by atoms with E-state index in [2.05, 4.69) is 10.1 Å². The van der Waals surface area contributed by atoms with E-state index in [1.54, 1.807) is 30.3 Å². The number of hydrogen-bond donors (Lipinski definition) is 1. The second-order valence-electron chi connectivity index (χ2n) is 6.41. The van der Waals surface area contributed by atoms with Crippen LogP contribution in [0.4, 0.5) is 14.5 Å². The van der Waals surface area contributed by atoms with Crippen LogP contribution in [0.2, 0.25) is 0 Å². The van der Waals surface area contributed by atoms with Gasteiger partial charge in [-0.1, -0.05) is 60.2 Å². The summed E-state index contributed by atoms with van der Waals surface area (Å²) in [7, 11) is 0. The third-order valence-electron chi connectivity index (χ3n) is 4.22. The minimum absolute atomic E-state index is 0.0545. The number of aryl methyl sites for hydroxylation is 1. The molecule has 7 heteroatoms. The van der Waals surface area contributed by atoms with Crippen LogP contribution in [-0.4, -0.2) is 25.1 Å². The number of ether oxygens (including phenoxy) is 2. The Hall–Kier alpha value is -3.74. The first-order valence-electron chi connectivity index (χ1n) is 9.11. The highest BCUT2D eigenvalue weighted by atomic mass is 19.3. The Morgan fingerprint density at radius 3 is 2.33 bits per heavy atom. The van der Waals surface area contributed by atoms with Gasteiger partial charge in [0.05, 0.1) is 11.3 Å². The van der Waals surface area contributed by atoms with Gasteiger partial charge < -0.3 is 14.8 Å². The van der Waals surface area contributed by atoms with Crippen LogP contribution in [-0.2, 0) is 9.53 Å². The maximum atomic E-state index is 12.5. The maximum Gasteiger partial charge on any atom is 0.387 e. The van der Waals surface area contributed by atoms with Crippen LogP contribution in [0.1, 0.15) is 15.9 Å². The van der Waals surface area contributed by atoms with Gasteiger partial charge >= 0.3 is 12.6 Å². The van der Waals surface area contributed by atoms with Crippen LogP contribution in [0.25, 0.3) is 11.1 Å². The SMILES string of the molecule is Cc1ccc(-c2ccccc2C(=O)OCC(=O)Nc2ccccc2OC(F)F)cc1. The zero-order valence-electron chi connectivity index (χ0n) is 16.1. The lowest BCUT2D eigenvalue weighted by atomic mass is 9.99. The van der Waals surface area contributed by atoms with Crippen LogP contribution >= 0.6 is 0 Å². The molecule has 0 bridgehead atoms. The first-order valence-corrected chi connectivity index (χ1v) is 9.11. The number of hydrogen-bond acceptors (Lipinski definition) is 4. The lowest BCUT2D eigenvalue weighted by molar-refractivity contribution is -0.119. The Morgan fingerprint density at radius 2 is 1.60 bits per heavy atom. The topological polar surface area (TPSA) is 64.6 Å². The molecular formula is C23H19F2NO4. The fourth-order valence-corrected chi connectivity index (χ4v) is 2.81. The molecule has 0 saturated carbocycles. The number of nitrogens with one attached hydrogen (secondary N) is 1. The average Bonchev–Trinajstić information content (AvgIpc) is 2.74. The summed E-state index contributed by atoms with van der Waals surface area (Å²) >= 11 is 0. The van der Waals surface area contributed by atoms with E-state index in [0.29, 0.717) is 11.1 Å². The molecule has 0 saturated heterocycles. The van der Waals surface area contributed by atoms with Gasteiger partial charge in [0.2, 0.25) is 0 Å². The molecule has 0 aliphatic heterocycles. The van der Waals surface area contributed by atoms with E-state index in [1.807, 2.05) is 31.2 Å². The fourth-order valence-electron chi connectivity index (χ4n) is 2.81. The number of rotatable bonds is 7. The summed E-state index contributed by atoms with van der Waals surface area (Å²) in [6.45, 7) is -1.64. The Morgan fingerprint density at radius 1 is 0.933 bits per heavy atom. The van der Waals surface area contributed by atoms with E-state index in [-0.39, 0.29) is 11.4 Å². The van der Waals surface area contributed by atoms with Gasteiger partial charge in [-0.3, -0.25) is 4.79 Å². The second-order valence-corrected chi connectivity index (χ2v) is 6.41. The highest BCUT2D eigenvalue weighted by Crippen LogP contribution is 2.26. The number of alkyl halides is 2. The van der Waals surface area contributed by atoms with Gasteiger partial charge in [0.25, 0.3) is 5.91 Å². The number of benzene rings is 3. The minimum Gasteiger partial charge on any atom is -0.452 e. The number of para-hydroxylation sites is 2. The normalized spacial score (nSPS) is 10.5. The zero-order valence-corrected chi connectivity index (χ0v) is 16.1. The zero-order chi connectivity index (χ0) is 21.5. The molecule has 3 aromatic rings. The van der Waals surface area contributed by atoms with Crippen molar-refractivity contribution in [2.45, 2.75) is 13.5 Å². The van der Waals surface area contributed by atoms with Crippen molar-refractivity contribution in [3.05, 3.63) is 83.9 Å². The van der Waals surface area contributed by atoms with Crippen molar-refractivity contribution < 1.29 is 27.8 Å². The van der Waals surface area contributed by atoms with Crippen LogP contribution in [0.5, 0.6) is 5.75 Å². The number of esters is 1. The van der Waals surface area contributed by atoms with E-state index in [1.165, 1.54) is 18.2 Å². The summed E-state index contributed by atoms with van der Waals surface area (Å²) in [5.74, 6) is -1.53. The fraction of sp³-hybridized carbons (Fsp3) is 0.130. The first-order chi connectivity index (χ1) is 14.4. The molecule has 154 valence electrons. The lowest BCUT2D eigenvalue weighted by Crippen LogP contribution is -2.21. The van der Waals surface area contributed by atoms with E-state index in [9.17, 15) is 18.4 Å². The maximum absolute atomic E-state index is 12.5. The summed E-state index contributed by atoms with van der Waals surface area (Å²) in [6, 6.07) is 20.3. The Kier molecular flexibility index (Phi) is 6.75. The largest absolute Gasteiger partial charge is 0.452 e. The Labute approximate surface area is 172 Å². The van der Waals surface area contributed by atoms with Gasteiger partial charge in [0.15, 0.2) is 6.61 Å². The molecule has 0 aromatic heterocycles. The molecule has 1 N–H and O–H groups in total. The van der Waals surface area contributed by atoms with Crippen molar-refractivity contribution in [2.75, 3.05) is 11.9 Å². The molecule has 0 aliphatic carbocycles. The van der Waals surface area contributed by atoms with Crippen molar-refractivity contribution in [1.29, 1.82) is 0 Å². The summed E-state index contributed by atoms with van der Waals surface area (Å²) in [5.41, 5.74) is 2.98. The number of carbonyl (C=O) groups is 2. The molecule has 0 aliphatic rings. The summed E-state index contributed by atoms with van der Waals surface area (Å²) in [4.78, 5) is 24.7. The predicted molar refractivity (Wildman–Crippen MR) is 109 cm³/mol. The molecular weight excluding hydrogens is 392 g/mol. The molecule has 0 heterocycles. The molecule has 0 atom stereocenters. The van der Waals surface area contributed by atoms with E-state index < -0.39 is 25.1 Å². The smallest absolute Gasteiger partial charge is 0.387 e. The third-order valence-corrected chi connectivity index (χ3v) is 4.22.